The molecule has 178 valence electrons. The van der Waals surface area contributed by atoms with Crippen LogP contribution in [0.15, 0.2) is 47.4 Å². The van der Waals surface area contributed by atoms with E-state index in [1.165, 1.54) is 0 Å². The molecule has 33 heavy (non-hydrogen) atoms. The molecular formula is C21H22F3N3O4S2. The summed E-state index contributed by atoms with van der Waals surface area (Å²) in [5.41, 5.74) is 0.789. The molecule has 1 heterocycles. The zero-order chi connectivity index (χ0) is 24.4. The van der Waals surface area contributed by atoms with Crippen LogP contribution in [0.1, 0.15) is 16.7 Å². The van der Waals surface area contributed by atoms with Gasteiger partial charge in [-0.15, -0.1) is 11.8 Å². The fourth-order valence-electron chi connectivity index (χ4n) is 3.18. The lowest BCUT2D eigenvalue weighted by Crippen LogP contribution is -2.59. The average Bonchev–Trinajstić information content (AvgIpc) is 2.75. The summed E-state index contributed by atoms with van der Waals surface area (Å²) >= 11 is 1.05. The van der Waals surface area contributed by atoms with E-state index in [2.05, 4.69) is 16.0 Å². The number of amides is 2. The van der Waals surface area contributed by atoms with Crippen molar-refractivity contribution in [2.45, 2.75) is 35.7 Å². The van der Waals surface area contributed by atoms with Crippen LogP contribution in [0.3, 0.4) is 0 Å². The Morgan fingerprint density at radius 1 is 1.18 bits per heavy atom. The number of thioether (sulfide) groups is 1. The zero-order valence-electron chi connectivity index (χ0n) is 17.7. The molecule has 0 aliphatic carbocycles. The van der Waals surface area contributed by atoms with Gasteiger partial charge in [0.1, 0.15) is 5.50 Å². The first-order valence-corrected chi connectivity index (χ1v) is 12.4. The summed E-state index contributed by atoms with van der Waals surface area (Å²) in [6.45, 7) is 3.50. The van der Waals surface area contributed by atoms with Gasteiger partial charge in [-0.3, -0.25) is 14.9 Å². The van der Waals surface area contributed by atoms with Gasteiger partial charge in [-0.2, -0.15) is 13.2 Å². The third-order valence-corrected chi connectivity index (χ3v) is 8.27. The molecule has 1 fully saturated rings. The summed E-state index contributed by atoms with van der Waals surface area (Å²) < 4.78 is 64.3. The molecule has 3 N–H and O–H groups in total. The smallest absolute Gasteiger partial charge is 0.331 e. The quantitative estimate of drug-likeness (QED) is 0.563. The van der Waals surface area contributed by atoms with Crippen LogP contribution in [-0.2, 0) is 25.6 Å². The summed E-state index contributed by atoms with van der Waals surface area (Å²) in [6, 6.07) is 8.79. The molecule has 2 aromatic carbocycles. The van der Waals surface area contributed by atoms with Gasteiger partial charge in [0.25, 0.3) is 0 Å². The Morgan fingerprint density at radius 3 is 2.55 bits per heavy atom. The van der Waals surface area contributed by atoms with Crippen LogP contribution >= 0.6 is 11.8 Å². The monoisotopic (exact) mass is 501 g/mol. The number of sulfone groups is 1. The van der Waals surface area contributed by atoms with Crippen LogP contribution in [0.2, 0.25) is 0 Å². The third-order valence-electron chi connectivity index (χ3n) is 5.18. The van der Waals surface area contributed by atoms with Gasteiger partial charge in [0.2, 0.25) is 11.8 Å². The van der Waals surface area contributed by atoms with Crippen LogP contribution in [0.4, 0.5) is 18.9 Å². The lowest BCUT2D eigenvalue weighted by atomic mass is 10.1. The van der Waals surface area contributed by atoms with Gasteiger partial charge in [0.15, 0.2) is 15.1 Å². The molecule has 12 heteroatoms. The maximum absolute atomic E-state index is 12.9. The Hall–Kier alpha value is -2.57. The molecule has 0 bridgehead atoms. The Balaban J connectivity index is 1.60. The van der Waals surface area contributed by atoms with Crippen LogP contribution in [0, 0.1) is 13.8 Å². The van der Waals surface area contributed by atoms with Gasteiger partial charge in [-0.05, 0) is 49.2 Å². The Morgan fingerprint density at radius 2 is 1.88 bits per heavy atom. The predicted molar refractivity (Wildman–Crippen MR) is 119 cm³/mol. The number of benzene rings is 2. The molecule has 2 aromatic rings. The minimum Gasteiger partial charge on any atom is -0.331 e. The summed E-state index contributed by atoms with van der Waals surface area (Å²) in [5.74, 6) is -1.17. The molecule has 0 spiro atoms. The maximum atomic E-state index is 12.9. The third kappa shape index (κ3) is 5.87. The summed E-state index contributed by atoms with van der Waals surface area (Å²) in [6.07, 6.45) is -4.71. The lowest BCUT2D eigenvalue weighted by Gasteiger charge is -2.29. The molecule has 0 radical (unpaired) electrons. The summed E-state index contributed by atoms with van der Waals surface area (Å²) in [7, 11) is -4.36. The molecule has 2 atom stereocenters. The number of nitrogens with one attached hydrogen (secondary N) is 3. The first kappa shape index (κ1) is 25.1. The molecular weight excluding hydrogens is 479 g/mol. The molecule has 1 saturated heterocycles. The second-order valence-corrected chi connectivity index (χ2v) is 10.7. The highest BCUT2D eigenvalue weighted by Crippen LogP contribution is 2.31. The normalized spacial score (nSPS) is 19.1. The van der Waals surface area contributed by atoms with Gasteiger partial charge in [-0.25, -0.2) is 8.42 Å². The molecule has 1 aliphatic heterocycles. The molecule has 3 rings (SSSR count). The Kier molecular flexibility index (Phi) is 7.39. The van der Waals surface area contributed by atoms with Crippen molar-refractivity contribution in [2.24, 2.45) is 0 Å². The second kappa shape index (κ2) is 9.74. The Bertz CT molecular complexity index is 1170. The fourth-order valence-corrected chi connectivity index (χ4v) is 5.53. The van der Waals surface area contributed by atoms with Crippen molar-refractivity contribution >= 4 is 39.1 Å². The van der Waals surface area contributed by atoms with E-state index >= 15 is 0 Å². The fraction of sp³-hybridized carbons (Fsp3) is 0.333. The van der Waals surface area contributed by atoms with E-state index in [1.807, 2.05) is 26.0 Å². The number of hydrogen-bond acceptors (Lipinski definition) is 6. The summed E-state index contributed by atoms with van der Waals surface area (Å²) in [5, 5.41) is 6.46. The van der Waals surface area contributed by atoms with Crippen molar-refractivity contribution in [3.63, 3.8) is 0 Å². The highest BCUT2D eigenvalue weighted by Gasteiger charge is 2.40. The first-order chi connectivity index (χ1) is 15.4. The minimum atomic E-state index is -4.71. The number of halogens is 3. The van der Waals surface area contributed by atoms with Gasteiger partial charge < -0.3 is 10.6 Å². The van der Waals surface area contributed by atoms with Crippen LogP contribution in [0.25, 0.3) is 0 Å². The van der Waals surface area contributed by atoms with Crippen molar-refractivity contribution < 1.29 is 31.2 Å². The standard InChI is InChI=1S/C21H22F3N3O4S2/c1-12-5-3-8-16(13(12)2)26-18(28)11-32-20-25-10-17(19(29)27-20)33(30,31)15-7-4-6-14(9-15)21(22,23)24/h3-9,17,20,25H,10-11H2,1-2H3,(H,26,28)(H,27,29). The van der Waals surface area contributed by atoms with Gasteiger partial charge in [0.05, 0.1) is 16.2 Å². The number of carbonyl (C=O) groups is 2. The van der Waals surface area contributed by atoms with E-state index in [0.29, 0.717) is 11.8 Å². The largest absolute Gasteiger partial charge is 0.416 e. The van der Waals surface area contributed by atoms with Crippen LogP contribution in [-0.4, -0.2) is 43.3 Å². The van der Waals surface area contributed by atoms with Gasteiger partial charge >= 0.3 is 6.18 Å². The van der Waals surface area contributed by atoms with Crippen molar-refractivity contribution in [1.82, 2.24) is 10.6 Å². The first-order valence-electron chi connectivity index (χ1n) is 9.82. The van der Waals surface area contributed by atoms with E-state index in [-0.39, 0.29) is 18.2 Å². The van der Waals surface area contributed by atoms with E-state index < -0.39 is 43.1 Å². The SMILES string of the molecule is Cc1cccc(NC(=O)CSC2NCC(S(=O)(=O)c3cccc(C(F)(F)F)c3)C(=O)N2)c1C. The summed E-state index contributed by atoms with van der Waals surface area (Å²) in [4.78, 5) is 24.1. The van der Waals surface area contributed by atoms with E-state index in [4.69, 9.17) is 0 Å². The highest BCUT2D eigenvalue weighted by molar-refractivity contribution is 8.00. The number of carbonyl (C=O) groups excluding carboxylic acids is 2. The zero-order valence-corrected chi connectivity index (χ0v) is 19.3. The topological polar surface area (TPSA) is 104 Å². The number of rotatable bonds is 6. The van der Waals surface area contributed by atoms with Crippen LogP contribution < -0.4 is 16.0 Å². The van der Waals surface area contributed by atoms with Crippen LogP contribution in [0.5, 0.6) is 0 Å². The maximum Gasteiger partial charge on any atom is 0.416 e. The van der Waals surface area contributed by atoms with Crippen molar-refractivity contribution in [3.8, 4) is 0 Å². The highest BCUT2D eigenvalue weighted by atomic mass is 32.2. The number of alkyl halides is 3. The lowest BCUT2D eigenvalue weighted by molar-refractivity contribution is -0.137. The van der Waals surface area contributed by atoms with E-state index in [0.717, 1.165) is 41.1 Å². The predicted octanol–water partition coefficient (Wildman–Crippen LogP) is 2.84. The molecule has 2 amide bonds. The van der Waals surface area contributed by atoms with Crippen molar-refractivity contribution in [2.75, 3.05) is 17.6 Å². The average molecular weight is 502 g/mol. The molecule has 2 unspecified atom stereocenters. The number of hydrogen-bond donors (Lipinski definition) is 3. The van der Waals surface area contributed by atoms with E-state index in [9.17, 15) is 31.2 Å². The molecule has 7 nitrogen and oxygen atoms in total. The van der Waals surface area contributed by atoms with Crippen molar-refractivity contribution in [3.05, 3.63) is 59.2 Å². The molecule has 1 aliphatic rings. The van der Waals surface area contributed by atoms with Gasteiger partial charge in [0, 0.05) is 12.2 Å². The van der Waals surface area contributed by atoms with E-state index in [1.54, 1.807) is 6.07 Å². The Labute approximate surface area is 193 Å². The van der Waals surface area contributed by atoms with Crippen molar-refractivity contribution in [1.29, 1.82) is 0 Å². The second-order valence-electron chi connectivity index (χ2n) is 7.46. The number of anilines is 1. The number of aryl methyl sites for hydroxylation is 1. The molecule has 0 aromatic heterocycles. The van der Waals surface area contributed by atoms with Gasteiger partial charge in [-0.1, -0.05) is 18.2 Å². The molecule has 0 saturated carbocycles. The minimum absolute atomic E-state index is 0.0175.